The van der Waals surface area contributed by atoms with Gasteiger partial charge < -0.3 is 0 Å². The summed E-state index contributed by atoms with van der Waals surface area (Å²) in [6, 6.07) is 56.8. The van der Waals surface area contributed by atoms with E-state index < -0.39 is 0 Å². The molecule has 0 aliphatic rings. The zero-order valence-electron chi connectivity index (χ0n) is 28.8. The first-order valence-corrected chi connectivity index (χ1v) is 16.9. The Morgan fingerprint density at radius 3 is 1.62 bits per heavy atom. The fourth-order valence-corrected chi connectivity index (χ4v) is 5.84. The van der Waals surface area contributed by atoms with Crippen LogP contribution in [0.25, 0.3) is 44.7 Å². The molecule has 0 saturated heterocycles. The summed E-state index contributed by atoms with van der Waals surface area (Å²) < 4.78 is 0. The van der Waals surface area contributed by atoms with Gasteiger partial charge >= 0.3 is 0 Å². The van der Waals surface area contributed by atoms with Gasteiger partial charge in [0.2, 0.25) is 0 Å². The van der Waals surface area contributed by atoms with E-state index in [0.717, 1.165) is 50.2 Å². The van der Waals surface area contributed by atoms with E-state index in [2.05, 4.69) is 173 Å². The first-order valence-electron chi connectivity index (χ1n) is 16.9. The molecule has 6 aromatic rings. The molecule has 1 heteroatoms. The number of allylic oxidation sites excluding steroid dienone is 7. The van der Waals surface area contributed by atoms with Crippen molar-refractivity contribution in [1.29, 1.82) is 0 Å². The quantitative estimate of drug-likeness (QED) is 0.0984. The molecule has 0 aliphatic heterocycles. The van der Waals surface area contributed by atoms with E-state index in [1.54, 1.807) is 0 Å². The Bertz CT molecular complexity index is 2230. The van der Waals surface area contributed by atoms with E-state index in [1.165, 1.54) is 22.3 Å². The summed E-state index contributed by atoms with van der Waals surface area (Å²) in [5.41, 5.74) is 15.0. The van der Waals surface area contributed by atoms with Crippen molar-refractivity contribution in [3.05, 3.63) is 229 Å². The van der Waals surface area contributed by atoms with Crippen molar-refractivity contribution in [2.45, 2.75) is 13.8 Å². The van der Waals surface area contributed by atoms with E-state index in [9.17, 15) is 0 Å². The number of aliphatic imine (C=N–C) groups is 1. The number of rotatable bonds is 11. The van der Waals surface area contributed by atoms with Crippen molar-refractivity contribution >= 4 is 28.1 Å². The maximum atomic E-state index is 5.14. The van der Waals surface area contributed by atoms with E-state index in [1.807, 2.05) is 42.5 Å². The van der Waals surface area contributed by atoms with Gasteiger partial charge in [0.05, 0.1) is 11.4 Å². The lowest BCUT2D eigenvalue weighted by molar-refractivity contribution is 1.48. The van der Waals surface area contributed by atoms with Crippen LogP contribution < -0.4 is 0 Å². The van der Waals surface area contributed by atoms with Gasteiger partial charge in [0, 0.05) is 11.1 Å². The van der Waals surface area contributed by atoms with Crippen LogP contribution in [0.1, 0.15) is 41.7 Å². The van der Waals surface area contributed by atoms with Gasteiger partial charge in [0.1, 0.15) is 0 Å². The van der Waals surface area contributed by atoms with Gasteiger partial charge in [-0.2, -0.15) is 0 Å². The van der Waals surface area contributed by atoms with Crippen LogP contribution in [-0.4, -0.2) is 5.71 Å². The summed E-state index contributed by atoms with van der Waals surface area (Å²) in [6.07, 6.45) is 8.43. The molecular weight excluding hydrogens is 603 g/mol. The molecule has 1 nitrogen and oxygen atoms in total. The minimum atomic E-state index is 0.713. The third kappa shape index (κ3) is 8.58. The second-order valence-electron chi connectivity index (χ2n) is 12.3. The minimum Gasteiger partial charge on any atom is -0.248 e. The number of hydrogen-bond acceptors (Lipinski definition) is 1. The standard InChI is InChI=1S/C49H41N/c1-36(40-20-8-5-9-21-40)18-14-19-37(2)43-26-15-27-44(33-43)38(3)32-49(42-24-12-7-13-25-42)50-39(4)45-28-16-30-47(34-45)48-31-17-29-46(35-48)41-22-10-6-11-23-41/h5-35H,1,4H2,2-3H3/b18-14-,37-19+,38-32+,50-49?. The predicted octanol–water partition coefficient (Wildman–Crippen LogP) is 13.3. The zero-order chi connectivity index (χ0) is 34.7. The molecule has 6 rings (SSSR count). The van der Waals surface area contributed by atoms with Crippen LogP contribution in [-0.2, 0) is 0 Å². The van der Waals surface area contributed by atoms with Crippen LogP contribution in [0, 0.1) is 0 Å². The molecule has 0 heterocycles. The summed E-state index contributed by atoms with van der Waals surface area (Å²) in [6.45, 7) is 12.9. The van der Waals surface area contributed by atoms with Crippen LogP contribution >= 0.6 is 0 Å². The van der Waals surface area contributed by atoms with Crippen LogP contribution in [0.2, 0.25) is 0 Å². The lowest BCUT2D eigenvalue weighted by Crippen LogP contribution is -1.99. The molecule has 0 amide bonds. The Morgan fingerprint density at radius 2 is 0.940 bits per heavy atom. The van der Waals surface area contributed by atoms with E-state index >= 15 is 0 Å². The van der Waals surface area contributed by atoms with Crippen molar-refractivity contribution < 1.29 is 0 Å². The average molecular weight is 644 g/mol. The summed E-state index contributed by atoms with van der Waals surface area (Å²) >= 11 is 0. The highest BCUT2D eigenvalue weighted by molar-refractivity contribution is 6.14. The molecule has 0 saturated carbocycles. The Kier molecular flexibility index (Phi) is 10.9. The SMILES string of the molecule is C=C(/C=C\C=C(/C)c1cccc(/C(C)=C/C(=NC(=C)c2cccc(-c3cccc(-c4ccccc4)c3)c2)c2ccccc2)c1)c1ccccc1. The summed E-state index contributed by atoms with van der Waals surface area (Å²) in [5.74, 6) is 0. The average Bonchev–Trinajstić information content (AvgIpc) is 3.18. The lowest BCUT2D eigenvalue weighted by Gasteiger charge is -2.11. The van der Waals surface area contributed by atoms with Gasteiger partial charge in [0.25, 0.3) is 0 Å². The molecule has 0 aromatic heterocycles. The largest absolute Gasteiger partial charge is 0.248 e. The highest BCUT2D eigenvalue weighted by Gasteiger charge is 2.08. The Hall–Kier alpha value is -6.31. The fraction of sp³-hybridized carbons (Fsp3) is 0.0408. The highest BCUT2D eigenvalue weighted by atomic mass is 14.8. The molecule has 0 fully saturated rings. The first kappa shape index (κ1) is 33.6. The van der Waals surface area contributed by atoms with Gasteiger partial charge in [0.15, 0.2) is 0 Å². The summed E-state index contributed by atoms with van der Waals surface area (Å²) in [5, 5.41) is 0. The second kappa shape index (κ2) is 16.2. The third-order valence-corrected chi connectivity index (χ3v) is 8.74. The molecule has 242 valence electrons. The van der Waals surface area contributed by atoms with Crippen molar-refractivity contribution in [2.75, 3.05) is 0 Å². The maximum Gasteiger partial charge on any atom is 0.0712 e. The number of nitrogens with zero attached hydrogens (tertiary/aromatic N) is 1. The Balaban J connectivity index is 1.26. The minimum absolute atomic E-state index is 0.713. The Morgan fingerprint density at radius 1 is 0.460 bits per heavy atom. The molecule has 0 radical (unpaired) electrons. The molecule has 6 aromatic carbocycles. The second-order valence-corrected chi connectivity index (χ2v) is 12.3. The van der Waals surface area contributed by atoms with Gasteiger partial charge in [-0.25, -0.2) is 4.99 Å². The highest BCUT2D eigenvalue weighted by Crippen LogP contribution is 2.29. The fourth-order valence-electron chi connectivity index (χ4n) is 5.84. The molecule has 0 aliphatic carbocycles. The van der Waals surface area contributed by atoms with Gasteiger partial charge in [-0.1, -0.05) is 177 Å². The summed E-state index contributed by atoms with van der Waals surface area (Å²) in [7, 11) is 0. The smallest absolute Gasteiger partial charge is 0.0712 e. The number of benzene rings is 6. The molecule has 0 bridgehead atoms. The number of hydrogen-bond donors (Lipinski definition) is 0. The van der Waals surface area contributed by atoms with Crippen LogP contribution in [0.5, 0.6) is 0 Å². The first-order chi connectivity index (χ1) is 24.4. The van der Waals surface area contributed by atoms with Crippen molar-refractivity contribution in [3.63, 3.8) is 0 Å². The molecule has 0 unspecified atom stereocenters. The molecule has 0 spiro atoms. The monoisotopic (exact) mass is 643 g/mol. The lowest BCUT2D eigenvalue weighted by atomic mass is 9.97. The Labute approximate surface area is 297 Å². The molecule has 0 N–H and O–H groups in total. The van der Waals surface area contributed by atoms with E-state index in [4.69, 9.17) is 4.99 Å². The van der Waals surface area contributed by atoms with Crippen LogP contribution in [0.4, 0.5) is 0 Å². The van der Waals surface area contributed by atoms with E-state index in [-0.39, 0.29) is 0 Å². The van der Waals surface area contributed by atoms with Gasteiger partial charge in [-0.3, -0.25) is 0 Å². The van der Waals surface area contributed by atoms with Crippen molar-refractivity contribution in [3.8, 4) is 22.3 Å². The van der Waals surface area contributed by atoms with Crippen LogP contribution in [0.3, 0.4) is 0 Å². The topological polar surface area (TPSA) is 12.4 Å². The normalized spacial score (nSPS) is 12.2. The van der Waals surface area contributed by atoms with Crippen LogP contribution in [0.15, 0.2) is 206 Å². The van der Waals surface area contributed by atoms with Gasteiger partial charge in [-0.15, -0.1) is 0 Å². The predicted molar refractivity (Wildman–Crippen MR) is 218 cm³/mol. The third-order valence-electron chi connectivity index (χ3n) is 8.74. The van der Waals surface area contributed by atoms with Gasteiger partial charge in [-0.05, 0) is 93.8 Å². The molecular formula is C49H41N. The summed E-state index contributed by atoms with van der Waals surface area (Å²) in [4.78, 5) is 5.14. The molecule has 50 heavy (non-hydrogen) atoms. The van der Waals surface area contributed by atoms with Crippen molar-refractivity contribution in [1.82, 2.24) is 0 Å². The molecule has 0 atom stereocenters. The van der Waals surface area contributed by atoms with E-state index in [0.29, 0.717) is 5.70 Å². The zero-order valence-corrected chi connectivity index (χ0v) is 28.8. The van der Waals surface area contributed by atoms with Crippen molar-refractivity contribution in [2.24, 2.45) is 4.99 Å². The maximum absolute atomic E-state index is 5.14.